The van der Waals surface area contributed by atoms with Gasteiger partial charge in [0.25, 0.3) is 0 Å². The monoisotopic (exact) mass is 333 g/mol. The highest BCUT2D eigenvalue weighted by Gasteiger charge is 2.41. The summed E-state index contributed by atoms with van der Waals surface area (Å²) in [4.78, 5) is 0.328. The molecular weight excluding hydrogens is 314 g/mol. The second kappa shape index (κ2) is 5.53. The summed E-state index contributed by atoms with van der Waals surface area (Å²) in [6.45, 7) is 4.92. The van der Waals surface area contributed by atoms with Gasteiger partial charge in [0, 0.05) is 19.0 Å². The molecule has 0 radical (unpaired) electrons. The van der Waals surface area contributed by atoms with Crippen molar-refractivity contribution in [3.8, 4) is 0 Å². The fourth-order valence-electron chi connectivity index (χ4n) is 3.25. The minimum absolute atomic E-state index is 0.0389. The van der Waals surface area contributed by atoms with Crippen LogP contribution in [0.4, 0.5) is 0 Å². The van der Waals surface area contributed by atoms with Crippen LogP contribution in [-0.2, 0) is 21.3 Å². The van der Waals surface area contributed by atoms with Gasteiger partial charge in [-0.05, 0) is 26.7 Å². The van der Waals surface area contributed by atoms with Crippen molar-refractivity contribution in [2.24, 2.45) is 0 Å². The van der Waals surface area contributed by atoms with Gasteiger partial charge in [0.05, 0.1) is 30.1 Å². The molecule has 0 aromatic carbocycles. The molecule has 2 bridgehead atoms. The summed E-state index contributed by atoms with van der Waals surface area (Å²) in [5.41, 5.74) is 1.20. The second-order valence-electron chi connectivity index (χ2n) is 5.69. The second-order valence-corrected chi connectivity index (χ2v) is 7.94. The molecule has 0 spiro atoms. The van der Waals surface area contributed by atoms with Gasteiger partial charge in [0.15, 0.2) is 0 Å². The van der Waals surface area contributed by atoms with E-state index in [0.717, 1.165) is 12.8 Å². The normalized spacial score (nSPS) is 26.4. The third kappa shape index (κ3) is 2.60. The van der Waals surface area contributed by atoms with Crippen LogP contribution < -0.4 is 0 Å². The summed E-state index contributed by atoms with van der Waals surface area (Å²) < 4.78 is 34.8. The molecule has 2 aliphatic heterocycles. The molecule has 118 valence electrons. The molecule has 2 aliphatic rings. The standard InChI is InChI=1S/C13H20ClN3O3S/c1-9-13(10(2)17(15-9)6-5-14)21(18,19)16-7-11-3-4-12(8-16)20-11/h11-12H,3-8H2,1-2H3. The maximum absolute atomic E-state index is 12.9. The molecule has 2 unspecified atom stereocenters. The zero-order chi connectivity index (χ0) is 15.2. The van der Waals surface area contributed by atoms with E-state index >= 15 is 0 Å². The zero-order valence-corrected chi connectivity index (χ0v) is 13.8. The number of ether oxygens (including phenoxy) is 1. The van der Waals surface area contributed by atoms with E-state index in [1.165, 1.54) is 0 Å². The Bertz CT molecular complexity index is 631. The van der Waals surface area contributed by atoms with E-state index < -0.39 is 10.0 Å². The lowest BCUT2D eigenvalue weighted by Gasteiger charge is -2.31. The number of aromatic nitrogens is 2. The Morgan fingerprint density at radius 3 is 2.48 bits per heavy atom. The lowest BCUT2D eigenvalue weighted by atomic mass is 10.2. The van der Waals surface area contributed by atoms with Gasteiger partial charge in [-0.1, -0.05) is 0 Å². The van der Waals surface area contributed by atoms with Crippen LogP contribution in [-0.4, -0.2) is 53.7 Å². The number of aryl methyl sites for hydroxylation is 2. The van der Waals surface area contributed by atoms with E-state index in [-0.39, 0.29) is 12.2 Å². The van der Waals surface area contributed by atoms with Crippen molar-refractivity contribution in [3.63, 3.8) is 0 Å². The summed E-state index contributed by atoms with van der Waals surface area (Å²) in [6.07, 6.45) is 1.97. The first-order chi connectivity index (χ1) is 9.93. The number of alkyl halides is 1. The van der Waals surface area contributed by atoms with Crippen molar-refractivity contribution in [2.75, 3.05) is 19.0 Å². The Labute approximate surface area is 130 Å². The molecule has 2 fully saturated rings. The van der Waals surface area contributed by atoms with E-state index in [2.05, 4.69) is 5.10 Å². The van der Waals surface area contributed by atoms with Crippen LogP contribution in [0.5, 0.6) is 0 Å². The van der Waals surface area contributed by atoms with Crippen LogP contribution >= 0.6 is 11.6 Å². The van der Waals surface area contributed by atoms with Gasteiger partial charge in [-0.3, -0.25) is 4.68 Å². The molecule has 0 saturated carbocycles. The molecule has 8 heteroatoms. The highest BCUT2D eigenvalue weighted by molar-refractivity contribution is 7.89. The zero-order valence-electron chi connectivity index (χ0n) is 12.2. The molecule has 2 atom stereocenters. The molecule has 0 N–H and O–H groups in total. The number of hydrogen-bond donors (Lipinski definition) is 0. The molecule has 2 saturated heterocycles. The molecule has 3 heterocycles. The minimum Gasteiger partial charge on any atom is -0.372 e. The number of hydrogen-bond acceptors (Lipinski definition) is 4. The first-order valence-electron chi connectivity index (χ1n) is 7.19. The van der Waals surface area contributed by atoms with Crippen molar-refractivity contribution in [1.29, 1.82) is 0 Å². The van der Waals surface area contributed by atoms with Crippen molar-refractivity contribution in [1.82, 2.24) is 14.1 Å². The summed E-state index contributed by atoms with van der Waals surface area (Å²) in [5.74, 6) is 0.406. The Hall–Kier alpha value is -0.630. The Balaban J connectivity index is 1.95. The number of sulfonamides is 1. The highest BCUT2D eigenvalue weighted by Crippen LogP contribution is 2.31. The minimum atomic E-state index is -3.52. The van der Waals surface area contributed by atoms with Gasteiger partial charge in [-0.2, -0.15) is 9.40 Å². The summed E-state index contributed by atoms with van der Waals surface area (Å²) in [5, 5.41) is 4.31. The Kier molecular flexibility index (Phi) is 4.02. The SMILES string of the molecule is Cc1nn(CCCl)c(C)c1S(=O)(=O)N1CC2CCC(C1)O2. The highest BCUT2D eigenvalue weighted by atomic mass is 35.5. The Morgan fingerprint density at radius 2 is 1.90 bits per heavy atom. The van der Waals surface area contributed by atoms with E-state index in [1.54, 1.807) is 22.8 Å². The third-order valence-corrected chi connectivity index (χ3v) is 6.47. The summed E-state index contributed by atoms with van der Waals surface area (Å²) >= 11 is 5.74. The van der Waals surface area contributed by atoms with Crippen LogP contribution in [0, 0.1) is 13.8 Å². The number of morpholine rings is 1. The number of fused-ring (bicyclic) bond motifs is 2. The molecule has 1 aromatic heterocycles. The van der Waals surface area contributed by atoms with Crippen LogP contribution in [0.1, 0.15) is 24.2 Å². The van der Waals surface area contributed by atoms with E-state index in [4.69, 9.17) is 16.3 Å². The molecule has 3 rings (SSSR count). The van der Waals surface area contributed by atoms with Crippen LogP contribution in [0.15, 0.2) is 4.90 Å². The van der Waals surface area contributed by atoms with E-state index in [9.17, 15) is 8.42 Å². The summed E-state index contributed by atoms with van der Waals surface area (Å²) in [6, 6.07) is 0. The van der Waals surface area contributed by atoms with Crippen LogP contribution in [0.25, 0.3) is 0 Å². The van der Waals surface area contributed by atoms with Gasteiger partial charge in [0.2, 0.25) is 10.0 Å². The van der Waals surface area contributed by atoms with Crippen molar-refractivity contribution in [2.45, 2.75) is 50.3 Å². The lowest BCUT2D eigenvalue weighted by Crippen LogP contribution is -2.45. The van der Waals surface area contributed by atoms with E-state index in [0.29, 0.717) is 41.8 Å². The molecule has 6 nitrogen and oxygen atoms in total. The van der Waals surface area contributed by atoms with Gasteiger partial charge < -0.3 is 4.74 Å². The average Bonchev–Trinajstić information content (AvgIpc) is 2.90. The number of halogens is 1. The molecule has 21 heavy (non-hydrogen) atoms. The predicted octanol–water partition coefficient (Wildman–Crippen LogP) is 1.29. The van der Waals surface area contributed by atoms with Crippen LogP contribution in [0.2, 0.25) is 0 Å². The fourth-order valence-corrected chi connectivity index (χ4v) is 5.29. The number of rotatable bonds is 4. The van der Waals surface area contributed by atoms with Crippen molar-refractivity contribution < 1.29 is 13.2 Å². The third-order valence-electron chi connectivity index (χ3n) is 4.22. The quantitative estimate of drug-likeness (QED) is 0.779. The maximum Gasteiger partial charge on any atom is 0.246 e. The van der Waals surface area contributed by atoms with Crippen molar-refractivity contribution in [3.05, 3.63) is 11.4 Å². The predicted molar refractivity (Wildman–Crippen MR) is 79.1 cm³/mol. The van der Waals surface area contributed by atoms with Gasteiger partial charge in [0.1, 0.15) is 4.90 Å². The Morgan fingerprint density at radius 1 is 1.29 bits per heavy atom. The molecule has 0 aliphatic carbocycles. The average molecular weight is 334 g/mol. The van der Waals surface area contributed by atoms with Gasteiger partial charge in [-0.25, -0.2) is 8.42 Å². The topological polar surface area (TPSA) is 64.4 Å². The van der Waals surface area contributed by atoms with Crippen LogP contribution in [0.3, 0.4) is 0 Å². The lowest BCUT2D eigenvalue weighted by molar-refractivity contribution is -0.0114. The summed E-state index contributed by atoms with van der Waals surface area (Å²) in [7, 11) is -3.52. The molecule has 0 amide bonds. The number of nitrogens with zero attached hydrogens (tertiary/aromatic N) is 3. The smallest absolute Gasteiger partial charge is 0.246 e. The molecular formula is C13H20ClN3O3S. The molecule has 1 aromatic rings. The maximum atomic E-state index is 12.9. The van der Waals surface area contributed by atoms with Gasteiger partial charge >= 0.3 is 0 Å². The first-order valence-corrected chi connectivity index (χ1v) is 9.16. The van der Waals surface area contributed by atoms with Crippen molar-refractivity contribution >= 4 is 21.6 Å². The van der Waals surface area contributed by atoms with Gasteiger partial charge in [-0.15, -0.1) is 11.6 Å². The largest absolute Gasteiger partial charge is 0.372 e. The van der Waals surface area contributed by atoms with E-state index in [1.807, 2.05) is 0 Å². The fraction of sp³-hybridized carbons (Fsp3) is 0.769. The first kappa shape index (κ1) is 15.3.